The van der Waals surface area contributed by atoms with Gasteiger partial charge in [-0.2, -0.15) is 0 Å². The second-order valence-corrected chi connectivity index (χ2v) is 5.90. The Balaban J connectivity index is 2.06. The molecule has 1 atom stereocenters. The Morgan fingerprint density at radius 2 is 1.92 bits per heavy atom. The second kappa shape index (κ2) is 7.44. The minimum Gasteiger partial charge on any atom is -0.465 e. The minimum atomic E-state index is -1.61. The number of hydrogen-bond donors (Lipinski definition) is 3. The maximum Gasteiger partial charge on any atom is 0.407 e. The van der Waals surface area contributed by atoms with Gasteiger partial charge in [-0.3, -0.25) is 4.79 Å². The van der Waals surface area contributed by atoms with Gasteiger partial charge in [0.2, 0.25) is 0 Å². The molecule has 2 rings (SSSR count). The molecule has 1 aliphatic heterocycles. The minimum absolute atomic E-state index is 0.0371. The number of benzene rings is 1. The van der Waals surface area contributed by atoms with Crippen LogP contribution in [0.2, 0.25) is 0 Å². The van der Waals surface area contributed by atoms with Crippen LogP contribution in [0.1, 0.15) is 30.9 Å². The number of carboxylic acid groups (broad SMARTS) is 1. The van der Waals surface area contributed by atoms with Crippen LogP contribution in [0.4, 0.5) is 9.18 Å². The van der Waals surface area contributed by atoms with E-state index < -0.39 is 23.6 Å². The molecule has 1 aliphatic rings. The summed E-state index contributed by atoms with van der Waals surface area (Å²) in [5, 5.41) is 22.2. The highest BCUT2D eigenvalue weighted by molar-refractivity contribution is 5.85. The Labute approximate surface area is 139 Å². The van der Waals surface area contributed by atoms with Gasteiger partial charge in [-0.25, -0.2) is 9.18 Å². The zero-order chi connectivity index (χ0) is 17.7. The average molecular weight is 336 g/mol. The van der Waals surface area contributed by atoms with E-state index in [4.69, 9.17) is 5.11 Å². The van der Waals surface area contributed by atoms with Crippen molar-refractivity contribution in [1.82, 2.24) is 10.2 Å². The number of nitrogens with zero attached hydrogens (tertiary/aromatic N) is 1. The number of amides is 2. The summed E-state index contributed by atoms with van der Waals surface area (Å²) in [6.45, 7) is 3.85. The zero-order valence-corrected chi connectivity index (χ0v) is 13.2. The zero-order valence-electron chi connectivity index (χ0n) is 13.2. The summed E-state index contributed by atoms with van der Waals surface area (Å²) in [4.78, 5) is 24.6. The molecular formula is C17H21FN2O4. The summed E-state index contributed by atoms with van der Waals surface area (Å²) in [5.74, 6) is -0.925. The first-order chi connectivity index (χ1) is 11.4. The third-order valence-corrected chi connectivity index (χ3v) is 4.26. The number of hydrogen-bond acceptors (Lipinski definition) is 3. The van der Waals surface area contributed by atoms with Gasteiger partial charge >= 0.3 is 6.09 Å². The fraction of sp³-hybridized carbons (Fsp3) is 0.412. The molecule has 1 saturated heterocycles. The Morgan fingerprint density at radius 1 is 1.33 bits per heavy atom. The van der Waals surface area contributed by atoms with Crippen molar-refractivity contribution in [2.24, 2.45) is 0 Å². The monoisotopic (exact) mass is 336 g/mol. The SMILES string of the molecule is C=CCC(NC(=O)C1(O)CCN(C(=O)O)CC1)c1ccc(F)cc1. The lowest BCUT2D eigenvalue weighted by molar-refractivity contribution is -0.145. The number of carbonyl (C=O) groups excluding carboxylic acids is 1. The van der Waals surface area contributed by atoms with Crippen LogP contribution in [0.5, 0.6) is 0 Å². The smallest absolute Gasteiger partial charge is 0.407 e. The Morgan fingerprint density at radius 3 is 2.42 bits per heavy atom. The van der Waals surface area contributed by atoms with E-state index in [-0.39, 0.29) is 31.7 Å². The van der Waals surface area contributed by atoms with E-state index in [0.29, 0.717) is 12.0 Å². The first-order valence-corrected chi connectivity index (χ1v) is 7.73. The van der Waals surface area contributed by atoms with Crippen molar-refractivity contribution in [3.8, 4) is 0 Å². The number of rotatable bonds is 5. The van der Waals surface area contributed by atoms with Gasteiger partial charge in [0.05, 0.1) is 6.04 Å². The summed E-state index contributed by atoms with van der Waals surface area (Å²) in [5.41, 5.74) is -0.901. The summed E-state index contributed by atoms with van der Waals surface area (Å²) < 4.78 is 13.1. The molecule has 1 heterocycles. The molecule has 0 bridgehead atoms. The number of halogens is 1. The summed E-state index contributed by atoms with van der Waals surface area (Å²) in [6.07, 6.45) is 1.07. The molecule has 1 aromatic rings. The highest BCUT2D eigenvalue weighted by Gasteiger charge is 2.41. The van der Waals surface area contributed by atoms with Gasteiger partial charge in [0.1, 0.15) is 11.4 Å². The van der Waals surface area contributed by atoms with Crippen LogP contribution in [0.3, 0.4) is 0 Å². The molecule has 130 valence electrons. The molecule has 3 N–H and O–H groups in total. The third kappa shape index (κ3) is 4.11. The van der Waals surface area contributed by atoms with Crippen LogP contribution in [0.25, 0.3) is 0 Å². The van der Waals surface area contributed by atoms with Gasteiger partial charge in [0, 0.05) is 25.9 Å². The molecule has 0 aromatic heterocycles. The van der Waals surface area contributed by atoms with Gasteiger partial charge < -0.3 is 20.4 Å². The van der Waals surface area contributed by atoms with E-state index in [1.54, 1.807) is 18.2 Å². The molecule has 1 fully saturated rings. The molecule has 6 nitrogen and oxygen atoms in total. The highest BCUT2D eigenvalue weighted by Crippen LogP contribution is 2.25. The fourth-order valence-corrected chi connectivity index (χ4v) is 2.73. The molecule has 0 spiro atoms. The van der Waals surface area contributed by atoms with Gasteiger partial charge in [-0.05, 0) is 24.1 Å². The van der Waals surface area contributed by atoms with E-state index >= 15 is 0 Å². The molecule has 0 aliphatic carbocycles. The maximum atomic E-state index is 13.1. The molecule has 0 radical (unpaired) electrons. The molecule has 1 aromatic carbocycles. The molecule has 1 unspecified atom stereocenters. The maximum absolute atomic E-state index is 13.1. The van der Waals surface area contributed by atoms with Gasteiger partial charge in [-0.1, -0.05) is 18.2 Å². The van der Waals surface area contributed by atoms with E-state index in [2.05, 4.69) is 11.9 Å². The fourth-order valence-electron chi connectivity index (χ4n) is 2.73. The quantitative estimate of drug-likeness (QED) is 0.718. The van der Waals surface area contributed by atoms with Crippen LogP contribution in [0.15, 0.2) is 36.9 Å². The van der Waals surface area contributed by atoms with Crippen LogP contribution < -0.4 is 5.32 Å². The topological polar surface area (TPSA) is 89.9 Å². The predicted molar refractivity (Wildman–Crippen MR) is 85.9 cm³/mol. The normalized spacial score (nSPS) is 17.8. The van der Waals surface area contributed by atoms with Crippen molar-refractivity contribution in [2.75, 3.05) is 13.1 Å². The van der Waals surface area contributed by atoms with Gasteiger partial charge in [0.25, 0.3) is 5.91 Å². The number of carbonyl (C=O) groups is 2. The number of nitrogens with one attached hydrogen (secondary N) is 1. The lowest BCUT2D eigenvalue weighted by Crippen LogP contribution is -2.55. The summed E-state index contributed by atoms with van der Waals surface area (Å²) >= 11 is 0. The Kier molecular flexibility index (Phi) is 5.56. The Bertz CT molecular complexity index is 610. The third-order valence-electron chi connectivity index (χ3n) is 4.26. The molecule has 24 heavy (non-hydrogen) atoms. The lowest BCUT2D eigenvalue weighted by atomic mass is 9.89. The molecule has 0 saturated carbocycles. The van der Waals surface area contributed by atoms with Crippen LogP contribution in [-0.2, 0) is 4.79 Å². The summed E-state index contributed by atoms with van der Waals surface area (Å²) in [7, 11) is 0. The van der Waals surface area contributed by atoms with E-state index in [1.807, 2.05) is 0 Å². The average Bonchev–Trinajstić information content (AvgIpc) is 2.55. The summed E-state index contributed by atoms with van der Waals surface area (Å²) in [6, 6.07) is 5.31. The highest BCUT2D eigenvalue weighted by atomic mass is 19.1. The van der Waals surface area contributed by atoms with E-state index in [1.165, 1.54) is 17.0 Å². The first-order valence-electron chi connectivity index (χ1n) is 7.73. The number of aliphatic hydroxyl groups is 1. The predicted octanol–water partition coefficient (Wildman–Crippen LogP) is 2.06. The van der Waals surface area contributed by atoms with Gasteiger partial charge in [-0.15, -0.1) is 6.58 Å². The largest absolute Gasteiger partial charge is 0.465 e. The van der Waals surface area contributed by atoms with E-state index in [0.717, 1.165) is 0 Å². The van der Waals surface area contributed by atoms with Gasteiger partial charge in [0.15, 0.2) is 0 Å². The first kappa shape index (κ1) is 17.9. The van der Waals surface area contributed by atoms with Crippen molar-refractivity contribution in [1.29, 1.82) is 0 Å². The molecule has 7 heteroatoms. The van der Waals surface area contributed by atoms with Crippen molar-refractivity contribution in [2.45, 2.75) is 30.9 Å². The van der Waals surface area contributed by atoms with Crippen molar-refractivity contribution in [3.05, 3.63) is 48.3 Å². The second-order valence-electron chi connectivity index (χ2n) is 5.90. The van der Waals surface area contributed by atoms with Crippen LogP contribution >= 0.6 is 0 Å². The standard InChI is InChI=1S/C17H21FN2O4/c1-2-3-14(12-4-6-13(18)7-5-12)19-15(21)17(24)8-10-20(11-9-17)16(22)23/h2,4-7,14,24H,1,3,8-11H2,(H,19,21)(H,22,23). The van der Waals surface area contributed by atoms with Crippen molar-refractivity contribution in [3.63, 3.8) is 0 Å². The van der Waals surface area contributed by atoms with Crippen LogP contribution in [-0.4, -0.2) is 45.8 Å². The van der Waals surface area contributed by atoms with Crippen LogP contribution in [0, 0.1) is 5.82 Å². The number of likely N-dealkylation sites (tertiary alicyclic amines) is 1. The number of piperidine rings is 1. The lowest BCUT2D eigenvalue weighted by Gasteiger charge is -2.36. The van der Waals surface area contributed by atoms with Crippen molar-refractivity contribution >= 4 is 12.0 Å². The molecule has 2 amide bonds. The van der Waals surface area contributed by atoms with E-state index in [9.17, 15) is 19.1 Å². The molecular weight excluding hydrogens is 315 g/mol. The Hall–Kier alpha value is -2.41. The van der Waals surface area contributed by atoms with Crippen molar-refractivity contribution < 1.29 is 24.2 Å².